The molecule has 0 saturated heterocycles. The van der Waals surface area contributed by atoms with Crippen LogP contribution in [-0.4, -0.2) is 15.9 Å². The minimum atomic E-state index is -0.676. The van der Waals surface area contributed by atoms with E-state index in [0.29, 0.717) is 11.3 Å². The molecule has 2 aromatic rings. The molecule has 0 aliphatic carbocycles. The summed E-state index contributed by atoms with van der Waals surface area (Å²) in [6.07, 6.45) is 0. The molecule has 0 atom stereocenters. The SMILES string of the molecule is C/C(O)=C(\N=Nc1ccc(C)cc1[N+](=O)[O-])C(=O)Nc1ccccc1. The number of nitro groups is 1. The smallest absolute Gasteiger partial charge is 0.296 e. The minimum Gasteiger partial charge on any atom is -0.510 e. The number of aryl methyl sites for hydroxylation is 1. The van der Waals surface area contributed by atoms with E-state index in [1.54, 1.807) is 43.3 Å². The summed E-state index contributed by atoms with van der Waals surface area (Å²) in [5.74, 6) is -1.03. The fraction of sp³-hybridized carbons (Fsp3) is 0.118. The van der Waals surface area contributed by atoms with Crippen molar-refractivity contribution in [3.63, 3.8) is 0 Å². The summed E-state index contributed by atoms with van der Waals surface area (Å²) in [5, 5.41) is 30.8. The molecule has 0 aromatic heterocycles. The lowest BCUT2D eigenvalue weighted by Gasteiger charge is -2.05. The number of nitro benzene ring substituents is 1. The predicted molar refractivity (Wildman–Crippen MR) is 92.7 cm³/mol. The molecule has 0 unspecified atom stereocenters. The molecule has 0 bridgehead atoms. The Morgan fingerprint density at radius 2 is 1.88 bits per heavy atom. The van der Waals surface area contributed by atoms with Crippen LogP contribution in [0.2, 0.25) is 0 Å². The highest BCUT2D eigenvalue weighted by molar-refractivity contribution is 6.03. The Labute approximate surface area is 143 Å². The highest BCUT2D eigenvalue weighted by atomic mass is 16.6. The van der Waals surface area contributed by atoms with Crippen molar-refractivity contribution in [1.29, 1.82) is 0 Å². The highest BCUT2D eigenvalue weighted by Crippen LogP contribution is 2.29. The number of anilines is 1. The molecule has 2 N–H and O–H groups in total. The van der Waals surface area contributed by atoms with Crippen molar-refractivity contribution < 1.29 is 14.8 Å². The summed E-state index contributed by atoms with van der Waals surface area (Å²) in [4.78, 5) is 22.7. The van der Waals surface area contributed by atoms with Gasteiger partial charge in [-0.15, -0.1) is 10.2 Å². The normalized spacial score (nSPS) is 11.9. The van der Waals surface area contributed by atoms with Gasteiger partial charge in [0.15, 0.2) is 11.4 Å². The average molecular weight is 340 g/mol. The Kier molecular flexibility index (Phi) is 5.57. The zero-order valence-electron chi connectivity index (χ0n) is 13.6. The number of carbonyl (C=O) groups is 1. The summed E-state index contributed by atoms with van der Waals surface area (Å²) >= 11 is 0. The maximum Gasteiger partial charge on any atom is 0.296 e. The number of aliphatic hydroxyl groups excluding tert-OH is 1. The number of nitrogens with zero attached hydrogens (tertiary/aromatic N) is 3. The van der Waals surface area contributed by atoms with Gasteiger partial charge >= 0.3 is 0 Å². The van der Waals surface area contributed by atoms with Crippen LogP contribution < -0.4 is 5.32 Å². The number of rotatable bonds is 5. The average Bonchev–Trinajstić information content (AvgIpc) is 2.56. The van der Waals surface area contributed by atoms with Gasteiger partial charge in [0, 0.05) is 11.8 Å². The van der Waals surface area contributed by atoms with Crippen LogP contribution in [0.3, 0.4) is 0 Å². The van der Waals surface area contributed by atoms with Gasteiger partial charge in [0.05, 0.1) is 4.92 Å². The molecule has 0 spiro atoms. The lowest BCUT2D eigenvalue weighted by atomic mass is 10.2. The van der Waals surface area contributed by atoms with Gasteiger partial charge in [0.2, 0.25) is 0 Å². The number of para-hydroxylation sites is 1. The van der Waals surface area contributed by atoms with Crippen LogP contribution in [0.1, 0.15) is 12.5 Å². The van der Waals surface area contributed by atoms with E-state index in [9.17, 15) is 20.0 Å². The van der Waals surface area contributed by atoms with E-state index < -0.39 is 10.8 Å². The van der Waals surface area contributed by atoms with E-state index in [4.69, 9.17) is 0 Å². The van der Waals surface area contributed by atoms with E-state index in [1.165, 1.54) is 19.1 Å². The Morgan fingerprint density at radius 3 is 2.48 bits per heavy atom. The standard InChI is InChI=1S/C17H16N4O4/c1-11-8-9-14(15(10-11)21(24)25)19-20-16(12(2)22)17(23)18-13-6-4-3-5-7-13/h3-10,22H,1-2H3,(H,18,23)/b16-12+,20-19?. The van der Waals surface area contributed by atoms with Crippen LogP contribution in [0.25, 0.3) is 0 Å². The van der Waals surface area contributed by atoms with Crippen LogP contribution in [-0.2, 0) is 4.79 Å². The Hall–Kier alpha value is -3.55. The van der Waals surface area contributed by atoms with Crippen LogP contribution in [0.4, 0.5) is 17.1 Å². The van der Waals surface area contributed by atoms with E-state index >= 15 is 0 Å². The van der Waals surface area contributed by atoms with Crippen molar-refractivity contribution in [3.05, 3.63) is 75.7 Å². The van der Waals surface area contributed by atoms with Crippen LogP contribution in [0.5, 0.6) is 0 Å². The number of aliphatic hydroxyl groups is 1. The zero-order chi connectivity index (χ0) is 18.4. The molecule has 0 fully saturated rings. The van der Waals surface area contributed by atoms with Gasteiger partial charge in [-0.3, -0.25) is 14.9 Å². The van der Waals surface area contributed by atoms with E-state index in [0.717, 1.165) is 0 Å². The molecular weight excluding hydrogens is 324 g/mol. The topological polar surface area (TPSA) is 117 Å². The quantitative estimate of drug-likeness (QED) is 0.275. The number of hydrogen-bond acceptors (Lipinski definition) is 6. The predicted octanol–water partition coefficient (Wildman–Crippen LogP) is 4.42. The van der Waals surface area contributed by atoms with Gasteiger partial charge < -0.3 is 10.4 Å². The van der Waals surface area contributed by atoms with Crippen molar-refractivity contribution in [2.45, 2.75) is 13.8 Å². The van der Waals surface area contributed by atoms with Crippen molar-refractivity contribution in [1.82, 2.24) is 0 Å². The first-order chi connectivity index (χ1) is 11.9. The van der Waals surface area contributed by atoms with E-state index in [-0.39, 0.29) is 22.8 Å². The molecular formula is C17H16N4O4. The van der Waals surface area contributed by atoms with Crippen LogP contribution in [0.15, 0.2) is 70.2 Å². The third kappa shape index (κ3) is 4.71. The first-order valence-electron chi connectivity index (χ1n) is 7.31. The van der Waals surface area contributed by atoms with Crippen molar-refractivity contribution >= 4 is 23.0 Å². The fourth-order valence-corrected chi connectivity index (χ4v) is 1.96. The molecule has 0 saturated carbocycles. The molecule has 0 aliphatic heterocycles. The first kappa shape index (κ1) is 17.8. The Bertz CT molecular complexity index is 856. The third-order valence-corrected chi connectivity index (χ3v) is 3.17. The molecule has 0 heterocycles. The first-order valence-corrected chi connectivity index (χ1v) is 7.31. The van der Waals surface area contributed by atoms with Crippen molar-refractivity contribution in [3.8, 4) is 0 Å². The third-order valence-electron chi connectivity index (χ3n) is 3.17. The molecule has 2 rings (SSSR count). The number of benzene rings is 2. The maximum atomic E-state index is 12.2. The number of hydrogen-bond donors (Lipinski definition) is 2. The molecule has 128 valence electrons. The number of azo groups is 1. The summed E-state index contributed by atoms with van der Waals surface area (Å²) in [7, 11) is 0. The number of nitrogens with one attached hydrogen (secondary N) is 1. The summed E-state index contributed by atoms with van der Waals surface area (Å²) in [5.41, 5.74) is 0.632. The molecule has 1 amide bonds. The number of allylic oxidation sites excluding steroid dienone is 1. The Balaban J connectivity index is 2.29. The zero-order valence-corrected chi connectivity index (χ0v) is 13.6. The summed E-state index contributed by atoms with van der Waals surface area (Å²) < 4.78 is 0. The molecule has 0 aliphatic rings. The maximum absolute atomic E-state index is 12.2. The minimum absolute atomic E-state index is 0.0122. The molecule has 8 nitrogen and oxygen atoms in total. The second-order valence-corrected chi connectivity index (χ2v) is 5.20. The lowest BCUT2D eigenvalue weighted by molar-refractivity contribution is -0.384. The molecule has 0 radical (unpaired) electrons. The summed E-state index contributed by atoms with van der Waals surface area (Å²) in [6.45, 7) is 2.99. The van der Waals surface area contributed by atoms with Crippen LogP contribution >= 0.6 is 0 Å². The highest BCUT2D eigenvalue weighted by Gasteiger charge is 2.16. The van der Waals surface area contributed by atoms with Gasteiger partial charge in [0.1, 0.15) is 5.76 Å². The van der Waals surface area contributed by atoms with Gasteiger partial charge in [0.25, 0.3) is 11.6 Å². The van der Waals surface area contributed by atoms with Gasteiger partial charge in [-0.1, -0.05) is 24.3 Å². The Morgan fingerprint density at radius 1 is 1.20 bits per heavy atom. The molecule has 25 heavy (non-hydrogen) atoms. The van der Waals surface area contributed by atoms with E-state index in [1.807, 2.05) is 0 Å². The largest absolute Gasteiger partial charge is 0.510 e. The van der Waals surface area contributed by atoms with Crippen molar-refractivity contribution in [2.75, 3.05) is 5.32 Å². The summed E-state index contributed by atoms with van der Waals surface area (Å²) in [6, 6.07) is 13.0. The number of carbonyl (C=O) groups excluding carboxylic acids is 1. The van der Waals surface area contributed by atoms with Gasteiger partial charge in [-0.05, 0) is 37.6 Å². The fourth-order valence-electron chi connectivity index (χ4n) is 1.96. The van der Waals surface area contributed by atoms with Gasteiger partial charge in [-0.2, -0.15) is 0 Å². The van der Waals surface area contributed by atoms with E-state index in [2.05, 4.69) is 15.5 Å². The molecule has 8 heteroatoms. The van der Waals surface area contributed by atoms with Gasteiger partial charge in [-0.25, -0.2) is 0 Å². The molecule has 2 aromatic carbocycles. The van der Waals surface area contributed by atoms with Crippen LogP contribution in [0, 0.1) is 17.0 Å². The second kappa shape index (κ2) is 7.82. The second-order valence-electron chi connectivity index (χ2n) is 5.20. The monoisotopic (exact) mass is 340 g/mol. The van der Waals surface area contributed by atoms with Crippen molar-refractivity contribution in [2.24, 2.45) is 10.2 Å². The lowest BCUT2D eigenvalue weighted by Crippen LogP contribution is -2.14. The number of amides is 1.